The van der Waals surface area contributed by atoms with Crippen LogP contribution >= 0.6 is 9.39 Å². The van der Waals surface area contributed by atoms with Gasteiger partial charge in [-0.25, -0.2) is 0 Å². The zero-order valence-electron chi connectivity index (χ0n) is 17.0. The van der Waals surface area contributed by atoms with E-state index in [9.17, 15) is 5.11 Å². The van der Waals surface area contributed by atoms with Crippen LogP contribution in [-0.4, -0.2) is 35.0 Å². The summed E-state index contributed by atoms with van der Waals surface area (Å²) in [4.78, 5) is 0. The normalized spacial score (nSPS) is 14.5. The van der Waals surface area contributed by atoms with E-state index in [0.717, 1.165) is 12.8 Å². The monoisotopic (exact) mass is 406 g/mol. The Morgan fingerprint density at radius 1 is 0.793 bits per heavy atom. The third-order valence-corrected chi connectivity index (χ3v) is 5.74. The van der Waals surface area contributed by atoms with Crippen LogP contribution in [0.3, 0.4) is 0 Å². The molecule has 4 heteroatoms. The highest BCUT2D eigenvalue weighted by Gasteiger charge is 2.24. The molecule has 0 saturated carbocycles. The molecule has 0 spiro atoms. The Morgan fingerprint density at radius 2 is 1.31 bits per heavy atom. The molecule has 0 heterocycles. The van der Waals surface area contributed by atoms with E-state index in [2.05, 4.69) is 70.1 Å². The van der Waals surface area contributed by atoms with Gasteiger partial charge in [-0.1, -0.05) is 94.3 Å². The summed E-state index contributed by atoms with van der Waals surface area (Å²) < 4.78 is 2.01. The predicted molar refractivity (Wildman–Crippen MR) is 126 cm³/mol. The molecule has 0 aliphatic heterocycles. The van der Waals surface area contributed by atoms with Gasteiger partial charge >= 0.3 is 0 Å². The molecule has 0 aliphatic carbocycles. The summed E-state index contributed by atoms with van der Waals surface area (Å²) in [6.07, 6.45) is 1.62. The van der Waals surface area contributed by atoms with Crippen LogP contribution in [0.25, 0.3) is 11.1 Å². The van der Waals surface area contributed by atoms with Crippen molar-refractivity contribution in [2.45, 2.75) is 37.5 Å². The average molecular weight is 407 g/mol. The lowest BCUT2D eigenvalue weighted by Crippen LogP contribution is -2.41. The minimum Gasteiger partial charge on any atom is -0.391 e. The van der Waals surface area contributed by atoms with Crippen molar-refractivity contribution >= 4 is 9.39 Å². The van der Waals surface area contributed by atoms with Crippen LogP contribution in [0.4, 0.5) is 0 Å². The summed E-state index contributed by atoms with van der Waals surface area (Å²) in [6.45, 7) is 0. The Labute approximate surface area is 176 Å². The van der Waals surface area contributed by atoms with E-state index < -0.39 is 6.10 Å². The summed E-state index contributed by atoms with van der Waals surface area (Å²) in [5.74, 6) is 0. The highest BCUT2D eigenvalue weighted by atomic mass is 31.0. The van der Waals surface area contributed by atoms with Crippen molar-refractivity contribution in [1.29, 1.82) is 0 Å². The number of aliphatic hydroxyl groups excluding tert-OH is 1. The topological polar surface area (TPSA) is 49.5 Å². The number of rotatable bonds is 9. The summed E-state index contributed by atoms with van der Waals surface area (Å²) in [7, 11) is 4.67. The number of benzene rings is 3. The maximum absolute atomic E-state index is 10.8. The highest BCUT2D eigenvalue weighted by Crippen LogP contribution is 2.21. The lowest BCUT2D eigenvalue weighted by molar-refractivity contribution is 0.0874. The smallest absolute Gasteiger partial charge is 0.0716 e. The Bertz CT molecular complexity index is 853. The summed E-state index contributed by atoms with van der Waals surface area (Å²) >= 11 is 0. The van der Waals surface area contributed by atoms with E-state index in [1.54, 1.807) is 0 Å². The van der Waals surface area contributed by atoms with Crippen LogP contribution < -0.4 is 5.73 Å². The van der Waals surface area contributed by atoms with Gasteiger partial charge in [0.2, 0.25) is 0 Å². The van der Waals surface area contributed by atoms with Crippen molar-refractivity contribution in [3.05, 3.63) is 96.1 Å². The lowest BCUT2D eigenvalue weighted by atomic mass is 9.93. The van der Waals surface area contributed by atoms with Crippen molar-refractivity contribution < 1.29 is 5.11 Å². The number of likely N-dealkylation sites (N-methyl/N-ethyl adjacent to an activating group) is 1. The molecule has 0 aromatic heterocycles. The van der Waals surface area contributed by atoms with Gasteiger partial charge in [0, 0.05) is 12.1 Å². The van der Waals surface area contributed by atoms with Gasteiger partial charge in [0.1, 0.15) is 0 Å². The van der Waals surface area contributed by atoms with Gasteiger partial charge in [-0.3, -0.25) is 4.67 Å². The van der Waals surface area contributed by atoms with Crippen LogP contribution in [0.15, 0.2) is 84.9 Å². The van der Waals surface area contributed by atoms with Gasteiger partial charge in [0.05, 0.1) is 6.10 Å². The van der Waals surface area contributed by atoms with Crippen LogP contribution in [0.5, 0.6) is 0 Å². The van der Waals surface area contributed by atoms with Crippen LogP contribution in [0.1, 0.15) is 17.5 Å². The van der Waals surface area contributed by atoms with Gasteiger partial charge in [-0.2, -0.15) is 0 Å². The van der Waals surface area contributed by atoms with Gasteiger partial charge in [-0.05, 0) is 48.6 Å². The first-order valence-corrected chi connectivity index (χ1v) is 10.6. The van der Waals surface area contributed by atoms with Crippen molar-refractivity contribution in [2.24, 2.45) is 5.73 Å². The number of nitrogens with zero attached hydrogens (tertiary/aromatic N) is 1. The largest absolute Gasteiger partial charge is 0.391 e. The minimum absolute atomic E-state index is 0.00825. The number of aliphatic hydroxyl groups is 1. The number of hydrogen-bond donors (Lipinski definition) is 2. The van der Waals surface area contributed by atoms with E-state index in [4.69, 9.17) is 5.73 Å². The second-order valence-electron chi connectivity index (χ2n) is 7.75. The first kappa shape index (κ1) is 21.7. The van der Waals surface area contributed by atoms with Gasteiger partial charge in [0.15, 0.2) is 0 Å². The SMILES string of the molecule is CN(P)[C@@H](Cc1ccccc1)[C@@H](O)C[C@@H](N)Cc1ccc(-c2ccccc2)cc1. The molecule has 3 N–H and O–H groups in total. The zero-order valence-corrected chi connectivity index (χ0v) is 18.1. The third kappa shape index (κ3) is 6.48. The molecule has 0 fully saturated rings. The molecule has 1 unspecified atom stereocenters. The van der Waals surface area contributed by atoms with E-state index in [-0.39, 0.29) is 12.1 Å². The second-order valence-corrected chi connectivity index (χ2v) is 8.57. The molecule has 29 heavy (non-hydrogen) atoms. The molecule has 0 aliphatic rings. The quantitative estimate of drug-likeness (QED) is 0.521. The Morgan fingerprint density at radius 3 is 1.90 bits per heavy atom. The number of nitrogens with two attached hydrogens (primary N) is 1. The average Bonchev–Trinajstić information content (AvgIpc) is 2.73. The maximum Gasteiger partial charge on any atom is 0.0716 e. The molecule has 152 valence electrons. The van der Waals surface area contributed by atoms with Crippen molar-refractivity contribution in [3.8, 4) is 11.1 Å². The molecule has 3 aromatic rings. The highest BCUT2D eigenvalue weighted by molar-refractivity contribution is 7.13. The first-order chi connectivity index (χ1) is 14.0. The van der Waals surface area contributed by atoms with Crippen molar-refractivity contribution in [1.82, 2.24) is 4.67 Å². The first-order valence-electron chi connectivity index (χ1n) is 10.1. The predicted octanol–water partition coefficient (Wildman–Crippen LogP) is 4.31. The Balaban J connectivity index is 1.57. The standard InChI is InChI=1S/C25H31N2OP/c1-27(29)24(17-19-8-4-2-5-9-19)25(28)18-23(26)16-20-12-14-22(15-13-20)21-10-6-3-7-11-21/h2-15,23-25,28H,16-18,26,29H2,1H3/t23-,24-,25-/m0/s1. The molecule has 3 nitrogen and oxygen atoms in total. The van der Waals surface area contributed by atoms with Gasteiger partial charge in [-0.15, -0.1) is 0 Å². The minimum atomic E-state index is -0.490. The molecule has 0 bridgehead atoms. The lowest BCUT2D eigenvalue weighted by Gasteiger charge is -2.30. The van der Waals surface area contributed by atoms with Crippen molar-refractivity contribution in [2.75, 3.05) is 7.05 Å². The zero-order chi connectivity index (χ0) is 20.6. The van der Waals surface area contributed by atoms with E-state index in [0.29, 0.717) is 6.42 Å². The molecule has 3 aromatic carbocycles. The van der Waals surface area contributed by atoms with Crippen LogP contribution in [-0.2, 0) is 12.8 Å². The Hall–Kier alpha value is -2.03. The molecular weight excluding hydrogens is 375 g/mol. The molecule has 0 amide bonds. The fourth-order valence-electron chi connectivity index (χ4n) is 3.72. The van der Waals surface area contributed by atoms with Crippen LogP contribution in [0.2, 0.25) is 0 Å². The van der Waals surface area contributed by atoms with Gasteiger partial charge in [0.25, 0.3) is 0 Å². The third-order valence-electron chi connectivity index (χ3n) is 5.36. The fourth-order valence-corrected chi connectivity index (χ4v) is 4.03. The maximum atomic E-state index is 10.8. The summed E-state index contributed by atoms with van der Waals surface area (Å²) in [5.41, 5.74) is 11.2. The van der Waals surface area contributed by atoms with E-state index in [1.165, 1.54) is 22.3 Å². The molecule has 3 rings (SSSR count). The molecule has 0 radical (unpaired) electrons. The second kappa shape index (κ2) is 10.7. The molecule has 4 atom stereocenters. The van der Waals surface area contributed by atoms with Crippen molar-refractivity contribution in [3.63, 3.8) is 0 Å². The Kier molecular flexibility index (Phi) is 7.97. The fraction of sp³-hybridized carbons (Fsp3) is 0.280. The van der Waals surface area contributed by atoms with Gasteiger partial charge < -0.3 is 10.8 Å². The molecule has 0 saturated heterocycles. The van der Waals surface area contributed by atoms with Crippen LogP contribution in [0, 0.1) is 0 Å². The molecular formula is C25H31N2OP. The van der Waals surface area contributed by atoms with E-state index in [1.807, 2.05) is 36.0 Å². The number of hydrogen-bond acceptors (Lipinski definition) is 3. The van der Waals surface area contributed by atoms with E-state index >= 15 is 0 Å². The summed E-state index contributed by atoms with van der Waals surface area (Å²) in [5, 5.41) is 10.8. The summed E-state index contributed by atoms with van der Waals surface area (Å²) in [6, 6.07) is 29.1.